The van der Waals surface area contributed by atoms with E-state index in [1.54, 1.807) is 0 Å². The van der Waals surface area contributed by atoms with E-state index in [1.165, 1.54) is 24.9 Å². The van der Waals surface area contributed by atoms with Gasteiger partial charge in [0.15, 0.2) is 0 Å². The Labute approximate surface area is 126 Å². The van der Waals surface area contributed by atoms with Crippen molar-refractivity contribution in [2.24, 2.45) is 5.92 Å². The van der Waals surface area contributed by atoms with Crippen LogP contribution in [0.15, 0.2) is 24.5 Å². The summed E-state index contributed by atoms with van der Waals surface area (Å²) < 4.78 is 2.06. The Kier molecular flexibility index (Phi) is 4.29. The molecule has 1 saturated heterocycles. The molecule has 1 atom stereocenters. The van der Waals surface area contributed by atoms with Gasteiger partial charge in [0.2, 0.25) is 0 Å². The van der Waals surface area contributed by atoms with E-state index in [-0.39, 0.29) is 0 Å². The molecule has 2 aromatic heterocycles. The van der Waals surface area contributed by atoms with Gasteiger partial charge in [0, 0.05) is 32.0 Å². The van der Waals surface area contributed by atoms with Crippen molar-refractivity contribution in [3.63, 3.8) is 0 Å². The van der Waals surface area contributed by atoms with Gasteiger partial charge in [0.1, 0.15) is 11.6 Å². The first-order chi connectivity index (χ1) is 10.2. The number of aromatic nitrogens is 4. The second kappa shape index (κ2) is 6.35. The van der Waals surface area contributed by atoms with Crippen LogP contribution in [-0.2, 0) is 13.1 Å². The number of rotatable bonds is 4. The highest BCUT2D eigenvalue weighted by Gasteiger charge is 2.21. The highest BCUT2D eigenvalue weighted by molar-refractivity contribution is 5.08. The van der Waals surface area contributed by atoms with Crippen LogP contribution in [0.2, 0.25) is 0 Å². The van der Waals surface area contributed by atoms with Crippen molar-refractivity contribution in [2.45, 2.75) is 39.8 Å². The van der Waals surface area contributed by atoms with Crippen LogP contribution >= 0.6 is 0 Å². The van der Waals surface area contributed by atoms with Gasteiger partial charge in [-0.15, -0.1) is 0 Å². The van der Waals surface area contributed by atoms with Gasteiger partial charge in [-0.2, -0.15) is 5.10 Å². The van der Waals surface area contributed by atoms with Crippen molar-refractivity contribution >= 4 is 0 Å². The van der Waals surface area contributed by atoms with Gasteiger partial charge in [-0.3, -0.25) is 9.88 Å². The summed E-state index contributed by atoms with van der Waals surface area (Å²) in [6.45, 7) is 8.29. The third kappa shape index (κ3) is 3.67. The van der Waals surface area contributed by atoms with Crippen molar-refractivity contribution in [1.82, 2.24) is 24.6 Å². The number of hydrogen-bond acceptors (Lipinski definition) is 4. The molecule has 0 bridgehead atoms. The lowest BCUT2D eigenvalue weighted by Crippen LogP contribution is -2.36. The first kappa shape index (κ1) is 14.2. The molecule has 0 spiro atoms. The summed E-state index contributed by atoms with van der Waals surface area (Å²) in [5.74, 6) is 2.56. The molecule has 0 amide bonds. The summed E-state index contributed by atoms with van der Waals surface area (Å²) in [4.78, 5) is 11.1. The molecule has 0 unspecified atom stereocenters. The fourth-order valence-corrected chi connectivity index (χ4v) is 3.17. The number of hydrogen-bond donors (Lipinski definition) is 0. The van der Waals surface area contributed by atoms with E-state index in [0.29, 0.717) is 5.92 Å². The predicted octanol–water partition coefficient (Wildman–Crippen LogP) is 2.20. The van der Waals surface area contributed by atoms with E-state index in [1.807, 2.05) is 32.3 Å². The molecule has 1 aliphatic rings. The quantitative estimate of drug-likeness (QED) is 0.864. The van der Waals surface area contributed by atoms with E-state index in [4.69, 9.17) is 0 Å². The van der Waals surface area contributed by atoms with E-state index >= 15 is 0 Å². The molecule has 0 aromatic carbocycles. The average molecular weight is 285 g/mol. The predicted molar refractivity (Wildman–Crippen MR) is 81.7 cm³/mol. The maximum Gasteiger partial charge on any atom is 0.147 e. The summed E-state index contributed by atoms with van der Waals surface area (Å²) in [7, 11) is 0. The number of pyridine rings is 1. The minimum atomic E-state index is 0.662. The maximum atomic E-state index is 4.49. The normalized spacial score (nSPS) is 19.8. The van der Waals surface area contributed by atoms with Crippen molar-refractivity contribution in [2.75, 3.05) is 13.1 Å². The zero-order chi connectivity index (χ0) is 14.7. The molecule has 0 radical (unpaired) electrons. The van der Waals surface area contributed by atoms with Crippen molar-refractivity contribution in [3.8, 4) is 0 Å². The van der Waals surface area contributed by atoms with Gasteiger partial charge in [-0.05, 0) is 50.8 Å². The Morgan fingerprint density at radius 2 is 2.24 bits per heavy atom. The van der Waals surface area contributed by atoms with Crippen LogP contribution in [-0.4, -0.2) is 37.7 Å². The molecule has 3 heterocycles. The fraction of sp³-hybridized carbons (Fsp3) is 0.562. The lowest BCUT2D eigenvalue weighted by atomic mass is 9.97. The topological polar surface area (TPSA) is 46.8 Å². The first-order valence-corrected chi connectivity index (χ1v) is 7.70. The molecule has 5 nitrogen and oxygen atoms in total. The smallest absolute Gasteiger partial charge is 0.147 e. The lowest BCUT2D eigenvalue weighted by Gasteiger charge is -2.32. The number of aryl methyl sites for hydroxylation is 2. The molecule has 1 fully saturated rings. The summed E-state index contributed by atoms with van der Waals surface area (Å²) >= 11 is 0. The average Bonchev–Trinajstić information content (AvgIpc) is 2.78. The van der Waals surface area contributed by atoms with Gasteiger partial charge in [0.25, 0.3) is 0 Å². The third-order valence-electron chi connectivity index (χ3n) is 4.13. The minimum Gasteiger partial charge on any atom is -0.299 e. The monoisotopic (exact) mass is 285 g/mol. The van der Waals surface area contributed by atoms with E-state index in [2.05, 4.69) is 30.7 Å². The van der Waals surface area contributed by atoms with Gasteiger partial charge in [-0.1, -0.05) is 6.07 Å². The summed E-state index contributed by atoms with van der Waals surface area (Å²) in [6, 6.07) is 4.17. The molecular weight excluding hydrogens is 262 g/mol. The molecule has 0 aliphatic carbocycles. The van der Waals surface area contributed by atoms with Crippen LogP contribution in [0.25, 0.3) is 0 Å². The summed E-state index contributed by atoms with van der Waals surface area (Å²) in [5, 5.41) is 4.49. The van der Waals surface area contributed by atoms with E-state index in [0.717, 1.165) is 31.3 Å². The third-order valence-corrected chi connectivity index (χ3v) is 4.13. The van der Waals surface area contributed by atoms with Crippen molar-refractivity contribution < 1.29 is 0 Å². The Morgan fingerprint density at radius 1 is 1.33 bits per heavy atom. The highest BCUT2D eigenvalue weighted by atomic mass is 15.3. The van der Waals surface area contributed by atoms with Gasteiger partial charge < -0.3 is 0 Å². The SMILES string of the molecule is Cc1nc(C)n(C[C@@H]2CCCN(Cc3cccnc3)C2)n1. The fourth-order valence-electron chi connectivity index (χ4n) is 3.17. The first-order valence-electron chi connectivity index (χ1n) is 7.70. The van der Waals surface area contributed by atoms with Crippen LogP contribution in [0, 0.1) is 19.8 Å². The highest BCUT2D eigenvalue weighted by Crippen LogP contribution is 2.20. The number of nitrogens with zero attached hydrogens (tertiary/aromatic N) is 5. The van der Waals surface area contributed by atoms with Gasteiger partial charge in [-0.25, -0.2) is 9.67 Å². The minimum absolute atomic E-state index is 0.662. The van der Waals surface area contributed by atoms with Crippen LogP contribution < -0.4 is 0 Å². The van der Waals surface area contributed by atoms with Crippen LogP contribution in [0.4, 0.5) is 0 Å². The van der Waals surface area contributed by atoms with E-state index in [9.17, 15) is 0 Å². The molecular formula is C16H23N5. The number of likely N-dealkylation sites (tertiary alicyclic amines) is 1. The Bertz CT molecular complexity index is 578. The molecule has 0 N–H and O–H groups in total. The number of piperidine rings is 1. The molecule has 3 rings (SSSR count). The lowest BCUT2D eigenvalue weighted by molar-refractivity contribution is 0.152. The van der Waals surface area contributed by atoms with Gasteiger partial charge in [0.05, 0.1) is 0 Å². The summed E-state index contributed by atoms with van der Waals surface area (Å²) in [6.07, 6.45) is 6.34. The van der Waals surface area contributed by atoms with Crippen LogP contribution in [0.1, 0.15) is 30.1 Å². The molecule has 0 saturated carbocycles. The Balaban J connectivity index is 1.59. The Morgan fingerprint density at radius 3 is 2.95 bits per heavy atom. The molecule has 1 aliphatic heterocycles. The zero-order valence-corrected chi connectivity index (χ0v) is 12.9. The summed E-state index contributed by atoms with van der Waals surface area (Å²) in [5.41, 5.74) is 1.30. The molecule has 21 heavy (non-hydrogen) atoms. The van der Waals surface area contributed by atoms with Crippen molar-refractivity contribution in [1.29, 1.82) is 0 Å². The van der Waals surface area contributed by atoms with E-state index < -0.39 is 0 Å². The molecule has 2 aromatic rings. The standard InChI is InChI=1S/C16H23N5/c1-13-18-14(2)21(19-13)12-16-6-4-8-20(11-16)10-15-5-3-7-17-9-15/h3,5,7,9,16H,4,6,8,10-12H2,1-2H3/t16-/m1/s1. The molecule has 112 valence electrons. The van der Waals surface area contributed by atoms with Crippen LogP contribution in [0.5, 0.6) is 0 Å². The second-order valence-electron chi connectivity index (χ2n) is 5.99. The largest absolute Gasteiger partial charge is 0.299 e. The maximum absolute atomic E-state index is 4.49. The van der Waals surface area contributed by atoms with Crippen LogP contribution in [0.3, 0.4) is 0 Å². The zero-order valence-electron chi connectivity index (χ0n) is 12.9. The Hall–Kier alpha value is -1.75. The van der Waals surface area contributed by atoms with Crippen molar-refractivity contribution in [3.05, 3.63) is 41.7 Å². The van der Waals surface area contributed by atoms with Gasteiger partial charge >= 0.3 is 0 Å². The molecule has 5 heteroatoms. The second-order valence-corrected chi connectivity index (χ2v) is 5.99.